The highest BCUT2D eigenvalue weighted by molar-refractivity contribution is 7.90. The SMILES string of the molecule is O=C(OC/C=C/c1ccccc1)c1cccc(CS(=O)(=O)c2ccccc2)c1. The Morgan fingerprint density at radius 1 is 0.857 bits per heavy atom. The van der Waals surface area contributed by atoms with Crippen LogP contribution in [0.1, 0.15) is 21.5 Å². The third-order valence-corrected chi connectivity index (χ3v) is 5.75. The van der Waals surface area contributed by atoms with Crippen molar-refractivity contribution in [2.75, 3.05) is 6.61 Å². The lowest BCUT2D eigenvalue weighted by Crippen LogP contribution is -2.08. The maximum absolute atomic E-state index is 12.5. The molecule has 0 atom stereocenters. The topological polar surface area (TPSA) is 60.4 Å². The zero-order valence-corrected chi connectivity index (χ0v) is 16.0. The standard InChI is InChI=1S/C23H20O4S/c24-23(27-16-8-12-19-9-3-1-4-10-19)21-13-7-11-20(17-21)18-28(25,26)22-14-5-2-6-15-22/h1-15,17H,16,18H2/b12-8+. The zero-order chi connectivity index (χ0) is 19.8. The zero-order valence-electron chi connectivity index (χ0n) is 15.2. The lowest BCUT2D eigenvalue weighted by atomic mass is 10.1. The van der Waals surface area contributed by atoms with Gasteiger partial charge in [0.1, 0.15) is 6.61 Å². The van der Waals surface area contributed by atoms with Crippen LogP contribution in [0.3, 0.4) is 0 Å². The molecule has 0 aromatic heterocycles. The van der Waals surface area contributed by atoms with Crippen LogP contribution in [0.25, 0.3) is 6.08 Å². The first-order valence-corrected chi connectivity index (χ1v) is 10.5. The summed E-state index contributed by atoms with van der Waals surface area (Å²) in [5.74, 6) is -0.664. The van der Waals surface area contributed by atoms with Crippen molar-refractivity contribution in [1.82, 2.24) is 0 Å². The Labute approximate surface area is 165 Å². The molecule has 0 N–H and O–H groups in total. The summed E-state index contributed by atoms with van der Waals surface area (Å²) in [6.45, 7) is 0.139. The molecular formula is C23H20O4S. The molecule has 0 saturated carbocycles. The molecule has 0 aliphatic rings. The van der Waals surface area contributed by atoms with Gasteiger partial charge in [0.15, 0.2) is 9.84 Å². The van der Waals surface area contributed by atoms with Crippen LogP contribution in [0, 0.1) is 0 Å². The first-order valence-electron chi connectivity index (χ1n) is 8.80. The molecular weight excluding hydrogens is 372 g/mol. The van der Waals surface area contributed by atoms with Crippen LogP contribution in [0.5, 0.6) is 0 Å². The van der Waals surface area contributed by atoms with Gasteiger partial charge in [-0.05, 0) is 41.5 Å². The first kappa shape index (κ1) is 19.6. The van der Waals surface area contributed by atoms with E-state index in [2.05, 4.69) is 0 Å². The molecule has 0 amide bonds. The van der Waals surface area contributed by atoms with Crippen molar-refractivity contribution >= 4 is 21.9 Å². The number of sulfone groups is 1. The van der Waals surface area contributed by atoms with E-state index in [-0.39, 0.29) is 17.3 Å². The number of hydrogen-bond donors (Lipinski definition) is 0. The first-order chi connectivity index (χ1) is 13.5. The fourth-order valence-electron chi connectivity index (χ4n) is 2.67. The quantitative estimate of drug-likeness (QED) is 0.554. The third kappa shape index (κ3) is 5.41. The van der Waals surface area contributed by atoms with Crippen LogP contribution in [0.4, 0.5) is 0 Å². The van der Waals surface area contributed by atoms with Gasteiger partial charge in [0, 0.05) is 0 Å². The monoisotopic (exact) mass is 392 g/mol. The van der Waals surface area contributed by atoms with E-state index in [1.54, 1.807) is 60.7 Å². The summed E-state index contributed by atoms with van der Waals surface area (Å²) in [5, 5.41) is 0. The van der Waals surface area contributed by atoms with Crippen LogP contribution >= 0.6 is 0 Å². The fourth-order valence-corrected chi connectivity index (χ4v) is 4.03. The third-order valence-electron chi connectivity index (χ3n) is 4.04. The Balaban J connectivity index is 1.62. The number of carbonyl (C=O) groups excluding carboxylic acids is 1. The molecule has 3 rings (SSSR count). The lowest BCUT2D eigenvalue weighted by Gasteiger charge is -2.07. The maximum atomic E-state index is 12.5. The van der Waals surface area contributed by atoms with Crippen LogP contribution in [0.2, 0.25) is 0 Å². The molecule has 3 aromatic carbocycles. The number of carbonyl (C=O) groups is 1. The Morgan fingerprint density at radius 2 is 1.54 bits per heavy atom. The molecule has 0 bridgehead atoms. The molecule has 28 heavy (non-hydrogen) atoms. The van der Waals surface area contributed by atoms with Gasteiger partial charge in [-0.15, -0.1) is 0 Å². The molecule has 3 aromatic rings. The Morgan fingerprint density at radius 3 is 2.25 bits per heavy atom. The van der Waals surface area contributed by atoms with Crippen LogP contribution in [-0.2, 0) is 20.3 Å². The van der Waals surface area contributed by atoms with E-state index in [0.717, 1.165) is 5.56 Å². The van der Waals surface area contributed by atoms with Crippen LogP contribution < -0.4 is 0 Å². The van der Waals surface area contributed by atoms with Gasteiger partial charge < -0.3 is 4.74 Å². The predicted molar refractivity (Wildman–Crippen MR) is 110 cm³/mol. The van der Waals surface area contributed by atoms with Gasteiger partial charge >= 0.3 is 5.97 Å². The molecule has 0 radical (unpaired) electrons. The molecule has 0 spiro atoms. The van der Waals surface area contributed by atoms with E-state index in [4.69, 9.17) is 4.74 Å². The Kier molecular flexibility index (Phi) is 6.40. The van der Waals surface area contributed by atoms with Gasteiger partial charge in [-0.1, -0.05) is 66.7 Å². The van der Waals surface area contributed by atoms with Gasteiger partial charge in [0.05, 0.1) is 16.2 Å². The summed E-state index contributed by atoms with van der Waals surface area (Å²) >= 11 is 0. The average Bonchev–Trinajstić information content (AvgIpc) is 2.72. The van der Waals surface area contributed by atoms with E-state index in [1.165, 1.54) is 0 Å². The summed E-state index contributed by atoms with van der Waals surface area (Å²) in [6.07, 6.45) is 3.63. The van der Waals surface area contributed by atoms with Gasteiger partial charge in [-0.3, -0.25) is 0 Å². The number of benzene rings is 3. The van der Waals surface area contributed by atoms with Crippen molar-refractivity contribution in [3.05, 3.63) is 108 Å². The fraction of sp³-hybridized carbons (Fsp3) is 0.0870. The van der Waals surface area contributed by atoms with Crippen molar-refractivity contribution in [2.24, 2.45) is 0 Å². The summed E-state index contributed by atoms with van der Waals surface area (Å²) in [5.41, 5.74) is 1.89. The van der Waals surface area contributed by atoms with Gasteiger partial charge in [-0.25, -0.2) is 13.2 Å². The van der Waals surface area contributed by atoms with Crippen LogP contribution in [-0.4, -0.2) is 21.0 Å². The van der Waals surface area contributed by atoms with Crippen molar-refractivity contribution in [3.63, 3.8) is 0 Å². The molecule has 0 aliphatic carbocycles. The van der Waals surface area contributed by atoms with Gasteiger partial charge in [0.2, 0.25) is 0 Å². The molecule has 142 valence electrons. The average molecular weight is 392 g/mol. The molecule has 0 aliphatic heterocycles. The van der Waals surface area contributed by atoms with Crippen molar-refractivity contribution in [2.45, 2.75) is 10.6 Å². The Bertz CT molecular complexity index is 1060. The van der Waals surface area contributed by atoms with E-state index in [9.17, 15) is 13.2 Å². The second-order valence-electron chi connectivity index (χ2n) is 6.18. The highest BCUT2D eigenvalue weighted by atomic mass is 32.2. The summed E-state index contributed by atoms with van der Waals surface area (Å²) < 4.78 is 30.3. The van der Waals surface area contributed by atoms with E-state index < -0.39 is 15.8 Å². The van der Waals surface area contributed by atoms with Gasteiger partial charge in [-0.2, -0.15) is 0 Å². The molecule has 4 nitrogen and oxygen atoms in total. The highest BCUT2D eigenvalue weighted by Gasteiger charge is 2.16. The molecule has 0 unspecified atom stereocenters. The Hall–Kier alpha value is -3.18. The van der Waals surface area contributed by atoms with Gasteiger partial charge in [0.25, 0.3) is 0 Å². The predicted octanol–water partition coefficient (Wildman–Crippen LogP) is 4.53. The molecule has 0 saturated heterocycles. The lowest BCUT2D eigenvalue weighted by molar-refractivity contribution is 0.0550. The minimum absolute atomic E-state index is 0.139. The molecule has 0 fully saturated rings. The van der Waals surface area contributed by atoms with E-state index in [1.807, 2.05) is 36.4 Å². The number of rotatable bonds is 7. The minimum Gasteiger partial charge on any atom is -0.458 e. The van der Waals surface area contributed by atoms with Crippen molar-refractivity contribution < 1.29 is 17.9 Å². The largest absolute Gasteiger partial charge is 0.458 e. The minimum atomic E-state index is -3.47. The summed E-state index contributed by atoms with van der Waals surface area (Å²) in [7, 11) is -3.47. The number of hydrogen-bond acceptors (Lipinski definition) is 4. The number of ether oxygens (including phenoxy) is 1. The normalized spacial score (nSPS) is 11.4. The summed E-state index contributed by atoms with van der Waals surface area (Å²) in [6, 6.07) is 24.5. The summed E-state index contributed by atoms with van der Waals surface area (Å²) in [4.78, 5) is 12.5. The van der Waals surface area contributed by atoms with Crippen LogP contribution in [0.15, 0.2) is 95.9 Å². The molecule has 0 heterocycles. The number of esters is 1. The maximum Gasteiger partial charge on any atom is 0.338 e. The molecule has 5 heteroatoms. The smallest absolute Gasteiger partial charge is 0.338 e. The second-order valence-corrected chi connectivity index (χ2v) is 8.17. The van der Waals surface area contributed by atoms with Crippen molar-refractivity contribution in [1.29, 1.82) is 0 Å². The second kappa shape index (κ2) is 9.15. The van der Waals surface area contributed by atoms with E-state index >= 15 is 0 Å². The highest BCUT2D eigenvalue weighted by Crippen LogP contribution is 2.17. The van der Waals surface area contributed by atoms with Crippen molar-refractivity contribution in [3.8, 4) is 0 Å². The van der Waals surface area contributed by atoms with E-state index in [0.29, 0.717) is 11.1 Å².